The van der Waals surface area contributed by atoms with Crippen LogP contribution >= 0.6 is 0 Å². The number of rotatable bonds is 7. The highest BCUT2D eigenvalue weighted by atomic mass is 16.5. The SMILES string of the molecule is COc1ccccc1C[C@@H](C)N[C@H](C)c1nnnn1-c1ccccc1. The summed E-state index contributed by atoms with van der Waals surface area (Å²) in [5.74, 6) is 1.70. The van der Waals surface area contributed by atoms with Crippen molar-refractivity contribution in [2.24, 2.45) is 0 Å². The standard InChI is InChI=1S/C19H23N5O/c1-14(13-16-9-7-8-12-18(16)25-3)20-15(2)19-21-22-23-24(19)17-10-5-4-6-11-17/h4-12,14-15,20H,13H2,1-3H3/t14-,15-/m1/s1. The number of nitrogens with one attached hydrogen (secondary N) is 1. The van der Waals surface area contributed by atoms with Crippen LogP contribution in [-0.4, -0.2) is 33.4 Å². The molecule has 0 aliphatic carbocycles. The Bertz CT molecular complexity index is 802. The molecule has 0 bridgehead atoms. The van der Waals surface area contributed by atoms with E-state index in [0.29, 0.717) is 0 Å². The molecule has 2 atom stereocenters. The molecule has 1 heterocycles. The van der Waals surface area contributed by atoms with Gasteiger partial charge in [-0.05, 0) is 54.5 Å². The zero-order valence-corrected chi connectivity index (χ0v) is 14.8. The van der Waals surface area contributed by atoms with E-state index in [9.17, 15) is 0 Å². The molecule has 1 N–H and O–H groups in total. The lowest BCUT2D eigenvalue weighted by molar-refractivity contribution is 0.401. The molecular weight excluding hydrogens is 314 g/mol. The van der Waals surface area contributed by atoms with Crippen LogP contribution in [0.3, 0.4) is 0 Å². The molecule has 2 aromatic carbocycles. The number of hydrogen-bond donors (Lipinski definition) is 1. The van der Waals surface area contributed by atoms with Gasteiger partial charge in [0.2, 0.25) is 0 Å². The van der Waals surface area contributed by atoms with E-state index in [2.05, 4.69) is 40.8 Å². The molecule has 6 heteroatoms. The summed E-state index contributed by atoms with van der Waals surface area (Å²) in [6, 6.07) is 18.3. The number of aromatic nitrogens is 4. The first kappa shape index (κ1) is 17.1. The molecule has 0 aliphatic rings. The molecule has 0 spiro atoms. The quantitative estimate of drug-likeness (QED) is 0.718. The molecular formula is C19H23N5O. The van der Waals surface area contributed by atoms with Gasteiger partial charge in [-0.15, -0.1) is 5.10 Å². The van der Waals surface area contributed by atoms with Gasteiger partial charge >= 0.3 is 0 Å². The highest BCUT2D eigenvalue weighted by molar-refractivity contribution is 5.34. The zero-order chi connectivity index (χ0) is 17.6. The van der Waals surface area contributed by atoms with Crippen LogP contribution in [0.2, 0.25) is 0 Å². The summed E-state index contributed by atoms with van der Waals surface area (Å²) >= 11 is 0. The molecule has 25 heavy (non-hydrogen) atoms. The molecule has 6 nitrogen and oxygen atoms in total. The molecule has 130 valence electrons. The lowest BCUT2D eigenvalue weighted by Gasteiger charge is -2.20. The molecule has 0 unspecified atom stereocenters. The van der Waals surface area contributed by atoms with Crippen LogP contribution in [0.4, 0.5) is 0 Å². The number of tetrazole rings is 1. The summed E-state index contributed by atoms with van der Waals surface area (Å²) in [6.07, 6.45) is 0.862. The lowest BCUT2D eigenvalue weighted by Crippen LogP contribution is -2.32. The number of para-hydroxylation sites is 2. The van der Waals surface area contributed by atoms with E-state index in [0.717, 1.165) is 23.7 Å². The van der Waals surface area contributed by atoms with Crippen LogP contribution in [0.1, 0.15) is 31.3 Å². The van der Waals surface area contributed by atoms with Crippen LogP contribution in [-0.2, 0) is 6.42 Å². The Morgan fingerprint density at radius 2 is 1.76 bits per heavy atom. The van der Waals surface area contributed by atoms with Gasteiger partial charge in [0.25, 0.3) is 0 Å². The van der Waals surface area contributed by atoms with Gasteiger partial charge in [0.15, 0.2) is 5.82 Å². The van der Waals surface area contributed by atoms with Gasteiger partial charge in [0.1, 0.15) is 5.75 Å². The van der Waals surface area contributed by atoms with Crippen molar-refractivity contribution < 1.29 is 4.74 Å². The summed E-state index contributed by atoms with van der Waals surface area (Å²) in [5, 5.41) is 15.7. The van der Waals surface area contributed by atoms with Crippen molar-refractivity contribution in [2.45, 2.75) is 32.4 Å². The molecule has 1 aromatic heterocycles. The van der Waals surface area contributed by atoms with Crippen molar-refractivity contribution in [1.29, 1.82) is 0 Å². The van der Waals surface area contributed by atoms with E-state index < -0.39 is 0 Å². The van der Waals surface area contributed by atoms with Gasteiger partial charge in [-0.2, -0.15) is 4.68 Å². The second-order valence-electron chi connectivity index (χ2n) is 6.09. The van der Waals surface area contributed by atoms with Gasteiger partial charge < -0.3 is 10.1 Å². The average molecular weight is 337 g/mol. The van der Waals surface area contributed by atoms with E-state index in [-0.39, 0.29) is 12.1 Å². The zero-order valence-electron chi connectivity index (χ0n) is 14.8. The molecule has 3 aromatic rings. The van der Waals surface area contributed by atoms with Crippen molar-refractivity contribution in [3.05, 3.63) is 66.0 Å². The first-order valence-corrected chi connectivity index (χ1v) is 8.40. The minimum atomic E-state index is 0.0138. The van der Waals surface area contributed by atoms with Crippen LogP contribution in [0, 0.1) is 0 Å². The van der Waals surface area contributed by atoms with Crippen LogP contribution < -0.4 is 10.1 Å². The number of benzene rings is 2. The third kappa shape index (κ3) is 4.03. The molecule has 0 amide bonds. The van der Waals surface area contributed by atoms with Gasteiger partial charge in [-0.25, -0.2) is 0 Å². The highest BCUT2D eigenvalue weighted by Gasteiger charge is 2.18. The topological polar surface area (TPSA) is 64.9 Å². The summed E-state index contributed by atoms with van der Waals surface area (Å²) in [6.45, 7) is 4.23. The Morgan fingerprint density at radius 3 is 2.52 bits per heavy atom. The van der Waals surface area contributed by atoms with Crippen molar-refractivity contribution in [2.75, 3.05) is 7.11 Å². The largest absolute Gasteiger partial charge is 0.496 e. The molecule has 0 saturated carbocycles. The Hall–Kier alpha value is -2.73. The normalized spacial score (nSPS) is 13.4. The van der Waals surface area contributed by atoms with E-state index in [1.165, 1.54) is 5.56 Å². The molecule has 3 rings (SSSR count). The van der Waals surface area contributed by atoms with Gasteiger partial charge in [-0.1, -0.05) is 36.4 Å². The summed E-state index contributed by atoms with van der Waals surface area (Å²) in [7, 11) is 1.70. The predicted octanol–water partition coefficient (Wildman–Crippen LogP) is 2.95. The average Bonchev–Trinajstić information content (AvgIpc) is 3.13. The third-order valence-corrected chi connectivity index (χ3v) is 4.13. The van der Waals surface area contributed by atoms with Gasteiger partial charge in [0.05, 0.1) is 18.8 Å². The van der Waals surface area contributed by atoms with E-state index >= 15 is 0 Å². The predicted molar refractivity (Wildman–Crippen MR) is 96.9 cm³/mol. The fraction of sp³-hybridized carbons (Fsp3) is 0.316. The van der Waals surface area contributed by atoms with Gasteiger partial charge in [0, 0.05) is 6.04 Å². The second-order valence-corrected chi connectivity index (χ2v) is 6.09. The van der Waals surface area contributed by atoms with Crippen LogP contribution in [0.25, 0.3) is 5.69 Å². The molecule has 0 aliphatic heterocycles. The maximum atomic E-state index is 5.44. The Morgan fingerprint density at radius 1 is 1.04 bits per heavy atom. The highest BCUT2D eigenvalue weighted by Crippen LogP contribution is 2.20. The third-order valence-electron chi connectivity index (χ3n) is 4.13. The fourth-order valence-electron chi connectivity index (χ4n) is 2.98. The molecule has 0 fully saturated rings. The smallest absolute Gasteiger partial charge is 0.173 e. The Labute approximate surface area is 147 Å². The Kier molecular flexibility index (Phi) is 5.40. The van der Waals surface area contributed by atoms with Crippen molar-refractivity contribution in [3.63, 3.8) is 0 Å². The number of hydrogen-bond acceptors (Lipinski definition) is 5. The molecule has 0 radical (unpaired) electrons. The summed E-state index contributed by atoms with van der Waals surface area (Å²) in [5.41, 5.74) is 2.13. The number of ether oxygens (including phenoxy) is 1. The lowest BCUT2D eigenvalue weighted by atomic mass is 10.1. The number of methoxy groups -OCH3 is 1. The van der Waals surface area contributed by atoms with Crippen molar-refractivity contribution in [1.82, 2.24) is 25.5 Å². The fourth-order valence-corrected chi connectivity index (χ4v) is 2.98. The number of nitrogens with zero attached hydrogens (tertiary/aromatic N) is 4. The maximum Gasteiger partial charge on any atom is 0.173 e. The van der Waals surface area contributed by atoms with Gasteiger partial charge in [-0.3, -0.25) is 0 Å². The minimum Gasteiger partial charge on any atom is -0.496 e. The van der Waals surface area contributed by atoms with Crippen molar-refractivity contribution >= 4 is 0 Å². The monoisotopic (exact) mass is 337 g/mol. The van der Waals surface area contributed by atoms with Crippen LogP contribution in [0.15, 0.2) is 54.6 Å². The first-order chi connectivity index (χ1) is 12.2. The maximum absolute atomic E-state index is 5.44. The first-order valence-electron chi connectivity index (χ1n) is 8.40. The summed E-state index contributed by atoms with van der Waals surface area (Å²) in [4.78, 5) is 0. The Balaban J connectivity index is 1.70. The molecule has 0 saturated heterocycles. The van der Waals surface area contributed by atoms with E-state index in [1.807, 2.05) is 48.5 Å². The minimum absolute atomic E-state index is 0.0138. The second kappa shape index (κ2) is 7.90. The van der Waals surface area contributed by atoms with E-state index in [1.54, 1.807) is 11.8 Å². The van der Waals surface area contributed by atoms with Crippen LogP contribution in [0.5, 0.6) is 5.75 Å². The summed E-state index contributed by atoms with van der Waals surface area (Å²) < 4.78 is 7.21. The van der Waals surface area contributed by atoms with E-state index in [4.69, 9.17) is 4.74 Å². The van der Waals surface area contributed by atoms with Crippen molar-refractivity contribution in [3.8, 4) is 11.4 Å².